The molecule has 0 amide bonds. The Kier molecular flexibility index (Phi) is 4.05. The maximum atomic E-state index is 13.7. The van der Waals surface area contributed by atoms with E-state index in [4.69, 9.17) is 23.2 Å². The summed E-state index contributed by atoms with van der Waals surface area (Å²) >= 11 is 14.7. The van der Waals surface area contributed by atoms with Crippen molar-refractivity contribution in [3.8, 4) is 0 Å². The van der Waals surface area contributed by atoms with Crippen molar-refractivity contribution in [2.45, 2.75) is 0 Å². The molecule has 0 saturated heterocycles. The van der Waals surface area contributed by atoms with Gasteiger partial charge < -0.3 is 0 Å². The molecule has 5 heteroatoms. The number of halogens is 4. The molecule has 0 fully saturated rings. The molecule has 0 heterocycles. The van der Waals surface area contributed by atoms with Crippen molar-refractivity contribution in [3.63, 3.8) is 0 Å². The molecular weight excluding hydrogens is 342 g/mol. The molecular formula is C13H6BrCl2FO. The summed E-state index contributed by atoms with van der Waals surface area (Å²) in [6.07, 6.45) is 0. The Morgan fingerprint density at radius 1 is 1.06 bits per heavy atom. The third-order valence-electron chi connectivity index (χ3n) is 2.30. The summed E-state index contributed by atoms with van der Waals surface area (Å²) in [5.74, 6) is -1.05. The predicted octanol–water partition coefficient (Wildman–Crippen LogP) is 5.13. The Hall–Kier alpha value is -0.900. The van der Waals surface area contributed by atoms with E-state index in [0.717, 1.165) is 0 Å². The minimum atomic E-state index is -0.592. The zero-order valence-corrected chi connectivity index (χ0v) is 12.0. The van der Waals surface area contributed by atoms with E-state index < -0.39 is 11.6 Å². The van der Waals surface area contributed by atoms with Crippen LogP contribution in [0.25, 0.3) is 0 Å². The Morgan fingerprint density at radius 3 is 2.22 bits per heavy atom. The summed E-state index contributed by atoms with van der Waals surface area (Å²) < 4.78 is 14.2. The molecule has 2 aromatic carbocycles. The molecule has 0 spiro atoms. The summed E-state index contributed by atoms with van der Waals surface area (Å²) in [6, 6.07) is 8.67. The van der Waals surface area contributed by atoms with Crippen LogP contribution in [0.15, 0.2) is 40.9 Å². The van der Waals surface area contributed by atoms with E-state index in [1.165, 1.54) is 30.3 Å². The first-order chi connectivity index (χ1) is 8.47. The molecule has 0 unspecified atom stereocenters. The highest BCUT2D eigenvalue weighted by Crippen LogP contribution is 2.23. The minimum Gasteiger partial charge on any atom is -0.288 e. The van der Waals surface area contributed by atoms with Crippen molar-refractivity contribution in [2.24, 2.45) is 0 Å². The summed E-state index contributed by atoms with van der Waals surface area (Å²) in [7, 11) is 0. The summed E-state index contributed by atoms with van der Waals surface area (Å²) in [5.41, 5.74) is 0.241. The van der Waals surface area contributed by atoms with Crippen molar-refractivity contribution >= 4 is 44.9 Å². The second kappa shape index (κ2) is 5.39. The normalized spacial score (nSPS) is 10.4. The number of hydrogen-bond acceptors (Lipinski definition) is 1. The van der Waals surface area contributed by atoms with Crippen LogP contribution < -0.4 is 0 Å². The number of rotatable bonds is 2. The SMILES string of the molecule is O=C(c1cc(Cl)cc(Cl)c1)c1ccc(Br)cc1F. The van der Waals surface area contributed by atoms with E-state index in [1.807, 2.05) is 0 Å². The fourth-order valence-corrected chi connectivity index (χ4v) is 2.37. The smallest absolute Gasteiger partial charge is 0.196 e. The zero-order chi connectivity index (χ0) is 13.3. The number of benzene rings is 2. The van der Waals surface area contributed by atoms with Crippen LogP contribution in [-0.2, 0) is 0 Å². The quantitative estimate of drug-likeness (QED) is 0.688. The summed E-state index contributed by atoms with van der Waals surface area (Å²) in [6.45, 7) is 0. The first-order valence-electron chi connectivity index (χ1n) is 4.93. The summed E-state index contributed by atoms with van der Waals surface area (Å²) in [4.78, 5) is 12.1. The van der Waals surface area contributed by atoms with Gasteiger partial charge in [0, 0.05) is 20.1 Å². The molecule has 0 aliphatic rings. The molecule has 0 saturated carbocycles. The van der Waals surface area contributed by atoms with Crippen LogP contribution in [0.4, 0.5) is 4.39 Å². The van der Waals surface area contributed by atoms with E-state index in [9.17, 15) is 9.18 Å². The average molecular weight is 348 g/mol. The van der Waals surface area contributed by atoms with Crippen LogP contribution in [0.1, 0.15) is 15.9 Å². The van der Waals surface area contributed by atoms with Gasteiger partial charge in [0.25, 0.3) is 0 Å². The standard InChI is InChI=1S/C13H6BrCl2FO/c14-8-1-2-11(12(17)5-8)13(18)7-3-9(15)6-10(16)4-7/h1-6H. The third kappa shape index (κ3) is 2.91. The Labute approximate surface area is 122 Å². The lowest BCUT2D eigenvalue weighted by molar-refractivity contribution is 0.103. The summed E-state index contributed by atoms with van der Waals surface area (Å²) in [5, 5.41) is 0.673. The Bertz CT molecular complexity index is 608. The maximum Gasteiger partial charge on any atom is 0.196 e. The van der Waals surface area contributed by atoms with E-state index >= 15 is 0 Å². The van der Waals surface area contributed by atoms with E-state index in [1.54, 1.807) is 6.07 Å². The average Bonchev–Trinajstić information content (AvgIpc) is 2.26. The number of carbonyl (C=O) groups excluding carboxylic acids is 1. The lowest BCUT2D eigenvalue weighted by Crippen LogP contribution is -2.04. The van der Waals surface area contributed by atoms with Gasteiger partial charge in [-0.2, -0.15) is 0 Å². The predicted molar refractivity (Wildman–Crippen MR) is 74.0 cm³/mol. The van der Waals surface area contributed by atoms with E-state index in [2.05, 4.69) is 15.9 Å². The molecule has 2 aromatic rings. The third-order valence-corrected chi connectivity index (χ3v) is 3.23. The van der Waals surface area contributed by atoms with Crippen molar-refractivity contribution in [1.82, 2.24) is 0 Å². The molecule has 92 valence electrons. The highest BCUT2D eigenvalue weighted by Gasteiger charge is 2.15. The van der Waals surface area contributed by atoms with Crippen LogP contribution >= 0.6 is 39.1 Å². The van der Waals surface area contributed by atoms with Gasteiger partial charge in [-0.05, 0) is 36.4 Å². The van der Waals surface area contributed by atoms with Gasteiger partial charge in [-0.15, -0.1) is 0 Å². The Morgan fingerprint density at radius 2 is 1.67 bits per heavy atom. The number of ketones is 1. The number of hydrogen-bond donors (Lipinski definition) is 0. The molecule has 0 atom stereocenters. The lowest BCUT2D eigenvalue weighted by Gasteiger charge is -2.04. The van der Waals surface area contributed by atoms with Gasteiger partial charge in [-0.1, -0.05) is 39.1 Å². The molecule has 0 radical (unpaired) electrons. The lowest BCUT2D eigenvalue weighted by atomic mass is 10.0. The number of carbonyl (C=O) groups is 1. The highest BCUT2D eigenvalue weighted by molar-refractivity contribution is 9.10. The van der Waals surface area contributed by atoms with E-state index in [-0.39, 0.29) is 11.1 Å². The van der Waals surface area contributed by atoms with Crippen LogP contribution in [0.3, 0.4) is 0 Å². The molecule has 0 bridgehead atoms. The van der Waals surface area contributed by atoms with Gasteiger partial charge in [0.15, 0.2) is 5.78 Å². The monoisotopic (exact) mass is 346 g/mol. The molecule has 1 nitrogen and oxygen atoms in total. The maximum absolute atomic E-state index is 13.7. The van der Waals surface area contributed by atoms with Crippen LogP contribution in [-0.4, -0.2) is 5.78 Å². The second-order valence-electron chi connectivity index (χ2n) is 3.61. The van der Waals surface area contributed by atoms with Gasteiger partial charge in [0.2, 0.25) is 0 Å². The first-order valence-corrected chi connectivity index (χ1v) is 6.48. The van der Waals surface area contributed by atoms with Gasteiger partial charge in [0.1, 0.15) is 5.82 Å². The molecule has 0 aliphatic heterocycles. The minimum absolute atomic E-state index is 0.0171. The second-order valence-corrected chi connectivity index (χ2v) is 5.40. The van der Waals surface area contributed by atoms with Gasteiger partial charge in [0.05, 0.1) is 5.56 Å². The first kappa shape index (κ1) is 13.5. The van der Waals surface area contributed by atoms with E-state index in [0.29, 0.717) is 14.5 Å². The molecule has 18 heavy (non-hydrogen) atoms. The molecule has 0 aromatic heterocycles. The van der Waals surface area contributed by atoms with Crippen molar-refractivity contribution in [1.29, 1.82) is 0 Å². The van der Waals surface area contributed by atoms with Gasteiger partial charge >= 0.3 is 0 Å². The fraction of sp³-hybridized carbons (Fsp3) is 0. The molecule has 0 N–H and O–H groups in total. The highest BCUT2D eigenvalue weighted by atomic mass is 79.9. The molecule has 0 aliphatic carbocycles. The Balaban J connectivity index is 2.47. The fourth-order valence-electron chi connectivity index (χ4n) is 1.51. The van der Waals surface area contributed by atoms with Crippen LogP contribution in [0.2, 0.25) is 10.0 Å². The molecule has 2 rings (SSSR count). The van der Waals surface area contributed by atoms with Crippen molar-refractivity contribution in [3.05, 3.63) is 67.9 Å². The van der Waals surface area contributed by atoms with Crippen molar-refractivity contribution in [2.75, 3.05) is 0 Å². The topological polar surface area (TPSA) is 17.1 Å². The van der Waals surface area contributed by atoms with Gasteiger partial charge in [-0.25, -0.2) is 4.39 Å². The van der Waals surface area contributed by atoms with Crippen molar-refractivity contribution < 1.29 is 9.18 Å². The largest absolute Gasteiger partial charge is 0.288 e. The van der Waals surface area contributed by atoms with Crippen LogP contribution in [0.5, 0.6) is 0 Å². The van der Waals surface area contributed by atoms with Crippen LogP contribution in [0, 0.1) is 5.82 Å². The van der Waals surface area contributed by atoms with Gasteiger partial charge in [-0.3, -0.25) is 4.79 Å². The zero-order valence-electron chi connectivity index (χ0n) is 8.88.